The lowest BCUT2D eigenvalue weighted by Crippen LogP contribution is -2.56. The molecule has 2 unspecified atom stereocenters. The van der Waals surface area contributed by atoms with E-state index in [-0.39, 0.29) is 5.75 Å². The highest BCUT2D eigenvalue weighted by Crippen LogP contribution is 2.14. The van der Waals surface area contributed by atoms with Crippen LogP contribution >= 0.6 is 0 Å². The molecule has 0 spiro atoms. The topological polar surface area (TPSA) is 49.4 Å². The molecule has 0 aromatic carbocycles. The molecule has 19 heavy (non-hydrogen) atoms. The Kier molecular flexibility index (Phi) is 7.32. The molecule has 1 N–H and O–H groups in total. The van der Waals surface area contributed by atoms with Crippen LogP contribution in [0.2, 0.25) is 0 Å². The fourth-order valence-corrected chi connectivity index (χ4v) is 3.58. The van der Waals surface area contributed by atoms with Crippen LogP contribution < -0.4 is 5.32 Å². The third-order valence-corrected chi connectivity index (χ3v) is 5.86. The zero-order chi connectivity index (χ0) is 14.3. The maximum absolute atomic E-state index is 11.5. The molecule has 4 nitrogen and oxygen atoms in total. The largest absolute Gasteiger partial charge is 0.311 e. The van der Waals surface area contributed by atoms with Gasteiger partial charge in [0.1, 0.15) is 9.84 Å². The second kappa shape index (κ2) is 8.22. The summed E-state index contributed by atoms with van der Waals surface area (Å²) in [6, 6.07) is 1.15. The molecule has 114 valence electrons. The first kappa shape index (κ1) is 16.9. The van der Waals surface area contributed by atoms with Gasteiger partial charge in [0, 0.05) is 30.9 Å². The van der Waals surface area contributed by atoms with Crippen LogP contribution in [-0.2, 0) is 9.84 Å². The highest BCUT2D eigenvalue weighted by atomic mass is 32.2. The van der Waals surface area contributed by atoms with Crippen LogP contribution in [0.5, 0.6) is 0 Å². The second-order valence-electron chi connectivity index (χ2n) is 5.54. The Labute approximate surface area is 118 Å². The molecule has 0 amide bonds. The number of sulfone groups is 1. The van der Waals surface area contributed by atoms with Crippen molar-refractivity contribution in [1.82, 2.24) is 10.2 Å². The van der Waals surface area contributed by atoms with E-state index in [1.807, 2.05) is 0 Å². The lowest BCUT2D eigenvalue weighted by molar-refractivity contribution is 0.121. The van der Waals surface area contributed by atoms with Gasteiger partial charge in [-0.25, -0.2) is 8.42 Å². The van der Waals surface area contributed by atoms with Crippen LogP contribution in [0.1, 0.15) is 46.5 Å². The lowest BCUT2D eigenvalue weighted by Gasteiger charge is -2.40. The Hall–Kier alpha value is -0.130. The van der Waals surface area contributed by atoms with E-state index in [0.29, 0.717) is 17.8 Å². The van der Waals surface area contributed by atoms with Crippen molar-refractivity contribution in [3.63, 3.8) is 0 Å². The van der Waals surface area contributed by atoms with Crippen molar-refractivity contribution < 1.29 is 8.42 Å². The molecule has 5 heteroatoms. The van der Waals surface area contributed by atoms with E-state index in [1.54, 1.807) is 6.92 Å². The molecule has 0 aliphatic carbocycles. The third-order valence-electron chi connectivity index (χ3n) is 4.07. The van der Waals surface area contributed by atoms with E-state index in [0.717, 1.165) is 32.5 Å². The summed E-state index contributed by atoms with van der Waals surface area (Å²) >= 11 is 0. The van der Waals surface area contributed by atoms with E-state index in [9.17, 15) is 8.42 Å². The molecular weight excluding hydrogens is 260 g/mol. The molecule has 1 aliphatic rings. The summed E-state index contributed by atoms with van der Waals surface area (Å²) in [6.45, 7) is 9.18. The van der Waals surface area contributed by atoms with Crippen molar-refractivity contribution >= 4 is 9.84 Å². The Morgan fingerprint density at radius 2 is 2.00 bits per heavy atom. The molecule has 2 atom stereocenters. The molecule has 1 rings (SSSR count). The predicted molar refractivity (Wildman–Crippen MR) is 81.3 cm³/mol. The van der Waals surface area contributed by atoms with Crippen LogP contribution in [0.4, 0.5) is 0 Å². The summed E-state index contributed by atoms with van der Waals surface area (Å²) in [5, 5.41) is 3.59. The van der Waals surface area contributed by atoms with Crippen molar-refractivity contribution in [2.24, 2.45) is 0 Å². The minimum atomic E-state index is -2.81. The zero-order valence-electron chi connectivity index (χ0n) is 12.7. The maximum Gasteiger partial charge on any atom is 0.150 e. The van der Waals surface area contributed by atoms with E-state index < -0.39 is 9.84 Å². The zero-order valence-corrected chi connectivity index (χ0v) is 13.5. The van der Waals surface area contributed by atoms with Crippen LogP contribution in [-0.4, -0.2) is 56.5 Å². The van der Waals surface area contributed by atoms with E-state index >= 15 is 0 Å². The van der Waals surface area contributed by atoms with Gasteiger partial charge in [-0.2, -0.15) is 0 Å². The lowest BCUT2D eigenvalue weighted by atomic mass is 10.0. The summed E-state index contributed by atoms with van der Waals surface area (Å²) in [4.78, 5) is 2.50. The van der Waals surface area contributed by atoms with Crippen molar-refractivity contribution in [1.29, 1.82) is 0 Å². The highest BCUT2D eigenvalue weighted by Gasteiger charge is 2.26. The first-order chi connectivity index (χ1) is 9.02. The van der Waals surface area contributed by atoms with Crippen LogP contribution in [0.3, 0.4) is 0 Å². The minimum absolute atomic E-state index is 0.268. The van der Waals surface area contributed by atoms with Gasteiger partial charge in [0.25, 0.3) is 0 Å². The number of rotatable bonds is 8. The van der Waals surface area contributed by atoms with Gasteiger partial charge in [-0.15, -0.1) is 0 Å². The summed E-state index contributed by atoms with van der Waals surface area (Å²) in [7, 11) is -2.81. The highest BCUT2D eigenvalue weighted by molar-refractivity contribution is 7.91. The summed E-state index contributed by atoms with van der Waals surface area (Å²) in [5.41, 5.74) is 0. The number of nitrogens with one attached hydrogen (secondary N) is 1. The van der Waals surface area contributed by atoms with Gasteiger partial charge in [-0.05, 0) is 25.8 Å². The van der Waals surface area contributed by atoms with E-state index in [4.69, 9.17) is 0 Å². The number of nitrogens with zero attached hydrogens (tertiary/aromatic N) is 1. The van der Waals surface area contributed by atoms with Crippen molar-refractivity contribution in [3.05, 3.63) is 0 Å². The van der Waals surface area contributed by atoms with Crippen LogP contribution in [0, 0.1) is 0 Å². The summed E-state index contributed by atoms with van der Waals surface area (Å²) in [6.07, 6.45) is 4.30. The van der Waals surface area contributed by atoms with Gasteiger partial charge in [-0.3, -0.25) is 4.90 Å². The molecule has 1 aliphatic heterocycles. The molecule has 0 bridgehead atoms. The van der Waals surface area contributed by atoms with Crippen LogP contribution in [0.25, 0.3) is 0 Å². The first-order valence-corrected chi connectivity index (χ1v) is 9.52. The normalized spacial score (nSPS) is 25.6. The molecule has 0 aromatic heterocycles. The SMILES string of the molecule is CCCC1CNC(CC)CN1CCCS(=O)(=O)CC. The number of hydrogen-bond acceptors (Lipinski definition) is 4. The fraction of sp³-hybridized carbons (Fsp3) is 1.00. The van der Waals surface area contributed by atoms with Gasteiger partial charge in [-0.1, -0.05) is 27.2 Å². The molecule has 1 heterocycles. The second-order valence-corrected chi connectivity index (χ2v) is 8.01. The first-order valence-electron chi connectivity index (χ1n) is 7.70. The quantitative estimate of drug-likeness (QED) is 0.739. The van der Waals surface area contributed by atoms with Gasteiger partial charge in [0.2, 0.25) is 0 Å². The van der Waals surface area contributed by atoms with Crippen molar-refractivity contribution in [2.45, 2.75) is 58.5 Å². The molecule has 1 fully saturated rings. The van der Waals surface area contributed by atoms with Gasteiger partial charge in [0.15, 0.2) is 0 Å². The third kappa shape index (κ3) is 5.79. The Morgan fingerprint density at radius 3 is 2.58 bits per heavy atom. The molecule has 0 radical (unpaired) electrons. The van der Waals surface area contributed by atoms with Gasteiger partial charge < -0.3 is 5.32 Å². The average Bonchev–Trinajstić information content (AvgIpc) is 2.40. The van der Waals surface area contributed by atoms with E-state index in [1.165, 1.54) is 12.8 Å². The molecular formula is C14H30N2O2S. The van der Waals surface area contributed by atoms with Crippen molar-refractivity contribution in [3.8, 4) is 0 Å². The van der Waals surface area contributed by atoms with Gasteiger partial charge in [0.05, 0.1) is 5.75 Å². The standard InChI is InChI=1S/C14H30N2O2S/c1-4-8-14-11-15-13(5-2)12-16(14)9-7-10-19(17,18)6-3/h13-15H,4-12H2,1-3H3. The summed E-state index contributed by atoms with van der Waals surface area (Å²) in [5.74, 6) is 0.605. The number of piperazine rings is 1. The predicted octanol–water partition coefficient (Wildman–Crippen LogP) is 1.66. The molecule has 0 aromatic rings. The maximum atomic E-state index is 11.5. The molecule has 1 saturated heterocycles. The Bertz CT molecular complexity index is 343. The van der Waals surface area contributed by atoms with Gasteiger partial charge >= 0.3 is 0 Å². The molecule has 0 saturated carbocycles. The van der Waals surface area contributed by atoms with Crippen molar-refractivity contribution in [2.75, 3.05) is 31.1 Å². The van der Waals surface area contributed by atoms with E-state index in [2.05, 4.69) is 24.1 Å². The number of hydrogen-bond donors (Lipinski definition) is 1. The van der Waals surface area contributed by atoms with Crippen LogP contribution in [0.15, 0.2) is 0 Å². The average molecular weight is 290 g/mol. The fourth-order valence-electron chi connectivity index (χ4n) is 2.73. The minimum Gasteiger partial charge on any atom is -0.311 e. The Morgan fingerprint density at radius 1 is 1.26 bits per heavy atom. The smallest absolute Gasteiger partial charge is 0.150 e. The summed E-state index contributed by atoms with van der Waals surface area (Å²) < 4.78 is 23.1. The Balaban J connectivity index is 2.45. The monoisotopic (exact) mass is 290 g/mol.